The summed E-state index contributed by atoms with van der Waals surface area (Å²) >= 11 is 0. The van der Waals surface area contributed by atoms with Gasteiger partial charge >= 0.3 is 19.8 Å². The summed E-state index contributed by atoms with van der Waals surface area (Å²) in [5.41, 5.74) is 0. The molecule has 3 unspecified atom stereocenters. The van der Waals surface area contributed by atoms with Gasteiger partial charge in [0.2, 0.25) is 5.91 Å². The molecule has 0 saturated heterocycles. The zero-order valence-corrected chi connectivity index (χ0v) is 40.6. The first-order valence-corrected chi connectivity index (χ1v) is 26.9. The number of allylic oxidation sites excluding steroid dienone is 4. The van der Waals surface area contributed by atoms with Gasteiger partial charge in [-0.05, 0) is 64.2 Å². The highest BCUT2D eigenvalue weighted by molar-refractivity contribution is 7.47. The van der Waals surface area contributed by atoms with Crippen LogP contribution in [0.25, 0.3) is 0 Å². The lowest BCUT2D eigenvalue weighted by molar-refractivity contribution is -0.147. The molecular weight excluding hydrogens is 806 g/mol. The second-order valence-electron chi connectivity index (χ2n) is 17.4. The number of phosphoric acid groups is 1. The average Bonchev–Trinajstić information content (AvgIpc) is 3.25. The number of carboxylic acid groups (broad SMARTS) is 1. The highest BCUT2D eigenvalue weighted by atomic mass is 31.2. The van der Waals surface area contributed by atoms with Crippen molar-refractivity contribution in [2.24, 2.45) is 0 Å². The maximum Gasteiger partial charge on any atom is 0.472 e. The van der Waals surface area contributed by atoms with Crippen molar-refractivity contribution < 1.29 is 47.8 Å². The molecule has 3 atom stereocenters. The van der Waals surface area contributed by atoms with Gasteiger partial charge in [-0.1, -0.05) is 192 Å². The van der Waals surface area contributed by atoms with Gasteiger partial charge in [0.1, 0.15) is 12.7 Å². The van der Waals surface area contributed by atoms with Crippen molar-refractivity contribution in [2.75, 3.05) is 19.8 Å². The van der Waals surface area contributed by atoms with E-state index >= 15 is 0 Å². The van der Waals surface area contributed by atoms with Gasteiger partial charge < -0.3 is 25.2 Å². The van der Waals surface area contributed by atoms with Crippen molar-refractivity contribution in [3.8, 4) is 0 Å². The number of carboxylic acids is 1. The first-order chi connectivity index (χ1) is 30.1. The minimum absolute atomic E-state index is 0.143. The lowest BCUT2D eigenvalue weighted by atomic mass is 10.0. The van der Waals surface area contributed by atoms with E-state index in [9.17, 15) is 34.1 Å². The van der Waals surface area contributed by atoms with Crippen LogP contribution in [0.2, 0.25) is 0 Å². The smallest absolute Gasteiger partial charge is 0.472 e. The summed E-state index contributed by atoms with van der Waals surface area (Å²) in [7, 11) is -4.76. The van der Waals surface area contributed by atoms with E-state index in [0.717, 1.165) is 51.4 Å². The van der Waals surface area contributed by atoms with Crippen molar-refractivity contribution in [3.63, 3.8) is 0 Å². The fourth-order valence-electron chi connectivity index (χ4n) is 7.25. The number of amides is 1. The number of carbonyl (C=O) groups is 3. The van der Waals surface area contributed by atoms with Gasteiger partial charge in [-0.25, -0.2) is 9.36 Å². The van der Waals surface area contributed by atoms with Crippen LogP contribution in [0, 0.1) is 0 Å². The van der Waals surface area contributed by atoms with Crippen LogP contribution in [0.3, 0.4) is 0 Å². The lowest BCUT2D eigenvalue weighted by Crippen LogP contribution is -2.43. The number of aliphatic hydroxyl groups excluding tert-OH is 1. The molecule has 11 nitrogen and oxygen atoms in total. The van der Waals surface area contributed by atoms with Crippen molar-refractivity contribution in [2.45, 2.75) is 257 Å². The second-order valence-corrected chi connectivity index (χ2v) is 18.8. The van der Waals surface area contributed by atoms with Crippen LogP contribution in [0.5, 0.6) is 0 Å². The Balaban J connectivity index is 3.81. The van der Waals surface area contributed by atoms with Crippen LogP contribution in [0.1, 0.15) is 245 Å². The Bertz CT molecular complexity index is 1150. The zero-order valence-electron chi connectivity index (χ0n) is 39.7. The highest BCUT2D eigenvalue weighted by Gasteiger charge is 2.28. The standard InChI is InChI=1S/C50H94NO10P/c1-3-5-7-9-11-13-15-17-19-21-22-23-24-26-28-30-32-34-36-38-40-42-49(54)59-43-46(52)44-60-62(57,58)61-45-47(50(55)56)51-48(53)41-39-37-35-33-31-29-27-25-20-18-16-14-12-10-8-6-4-2/h17-20,46-47,52H,3-16,21-45H2,1-2H3,(H,51,53)(H,55,56)(H,57,58)/b19-17+,20-18-. The molecule has 62 heavy (non-hydrogen) atoms. The molecule has 0 radical (unpaired) electrons. The summed E-state index contributed by atoms with van der Waals surface area (Å²) in [5.74, 6) is -2.37. The number of ether oxygens (including phenoxy) is 1. The van der Waals surface area contributed by atoms with E-state index in [2.05, 4.69) is 43.5 Å². The zero-order chi connectivity index (χ0) is 45.6. The molecule has 0 spiro atoms. The Morgan fingerprint density at radius 3 is 1.23 bits per heavy atom. The molecule has 0 saturated carbocycles. The van der Waals surface area contributed by atoms with E-state index in [0.29, 0.717) is 12.8 Å². The molecule has 0 aliphatic heterocycles. The van der Waals surface area contributed by atoms with Crippen LogP contribution >= 0.6 is 7.82 Å². The van der Waals surface area contributed by atoms with Gasteiger partial charge in [0.15, 0.2) is 6.04 Å². The molecule has 0 aliphatic rings. The number of rotatable bonds is 48. The van der Waals surface area contributed by atoms with E-state index in [1.807, 2.05) is 0 Å². The molecule has 0 aliphatic carbocycles. The number of phosphoric ester groups is 1. The van der Waals surface area contributed by atoms with E-state index in [4.69, 9.17) is 13.8 Å². The third-order valence-electron chi connectivity index (χ3n) is 11.2. The fourth-order valence-corrected chi connectivity index (χ4v) is 8.02. The largest absolute Gasteiger partial charge is 0.480 e. The van der Waals surface area contributed by atoms with Crippen molar-refractivity contribution >= 4 is 25.7 Å². The SMILES string of the molecule is CCCCCCCC/C=C\CCCCCCCCCC(=O)NC(COP(=O)(O)OCC(O)COC(=O)CCCCCCCCCCCCC/C=C/CCCCCCCC)C(=O)O. The lowest BCUT2D eigenvalue weighted by Gasteiger charge is -2.18. The number of esters is 1. The monoisotopic (exact) mass is 900 g/mol. The minimum atomic E-state index is -4.76. The molecule has 12 heteroatoms. The summed E-state index contributed by atoms with van der Waals surface area (Å²) in [5, 5.41) is 21.9. The Kier molecular flexibility index (Phi) is 44.0. The van der Waals surface area contributed by atoms with Gasteiger partial charge in [-0.3, -0.25) is 18.6 Å². The first kappa shape index (κ1) is 60.0. The predicted octanol–water partition coefficient (Wildman–Crippen LogP) is 13.8. The van der Waals surface area contributed by atoms with Crippen molar-refractivity contribution in [1.29, 1.82) is 0 Å². The Morgan fingerprint density at radius 1 is 0.500 bits per heavy atom. The first-order valence-electron chi connectivity index (χ1n) is 25.4. The third kappa shape index (κ3) is 44.6. The molecular formula is C50H94NO10P. The van der Waals surface area contributed by atoms with Crippen LogP contribution in [0.4, 0.5) is 0 Å². The minimum Gasteiger partial charge on any atom is -0.480 e. The number of aliphatic carboxylic acids is 1. The summed E-state index contributed by atoms with van der Waals surface area (Å²) in [6.07, 6.45) is 49.1. The Morgan fingerprint density at radius 2 is 0.839 bits per heavy atom. The average molecular weight is 900 g/mol. The molecule has 0 rings (SSSR count). The maximum absolute atomic E-state index is 12.3. The molecule has 0 fully saturated rings. The fraction of sp³-hybridized carbons (Fsp3) is 0.860. The van der Waals surface area contributed by atoms with E-state index in [1.54, 1.807) is 0 Å². The maximum atomic E-state index is 12.3. The number of nitrogens with one attached hydrogen (secondary N) is 1. The van der Waals surface area contributed by atoms with Gasteiger partial charge in [0.25, 0.3) is 0 Å². The second kappa shape index (κ2) is 45.5. The van der Waals surface area contributed by atoms with Crippen LogP contribution in [0.15, 0.2) is 24.3 Å². The van der Waals surface area contributed by atoms with Gasteiger partial charge in [0, 0.05) is 12.8 Å². The van der Waals surface area contributed by atoms with Crippen molar-refractivity contribution in [3.05, 3.63) is 24.3 Å². The molecule has 0 bridgehead atoms. The van der Waals surface area contributed by atoms with Crippen LogP contribution in [-0.4, -0.2) is 64.9 Å². The summed E-state index contributed by atoms with van der Waals surface area (Å²) < 4.78 is 26.9. The topological polar surface area (TPSA) is 169 Å². The third-order valence-corrected chi connectivity index (χ3v) is 12.2. The highest BCUT2D eigenvalue weighted by Crippen LogP contribution is 2.43. The van der Waals surface area contributed by atoms with Crippen LogP contribution < -0.4 is 5.32 Å². The molecule has 4 N–H and O–H groups in total. The molecule has 0 heterocycles. The molecule has 0 aromatic carbocycles. The number of carbonyl (C=O) groups excluding carboxylic acids is 2. The molecule has 1 amide bonds. The quantitative estimate of drug-likeness (QED) is 0.0200. The molecule has 364 valence electrons. The van der Waals surface area contributed by atoms with Gasteiger partial charge in [-0.15, -0.1) is 0 Å². The van der Waals surface area contributed by atoms with Crippen molar-refractivity contribution in [1.82, 2.24) is 5.32 Å². The molecule has 0 aromatic heterocycles. The molecule has 0 aromatic rings. The number of unbranched alkanes of at least 4 members (excludes halogenated alkanes) is 30. The Hall–Kier alpha value is -2.04. The normalized spacial score (nSPS) is 13.7. The number of hydrogen-bond donors (Lipinski definition) is 4. The van der Waals surface area contributed by atoms with E-state index in [-0.39, 0.29) is 12.8 Å². The number of aliphatic hydroxyl groups is 1. The van der Waals surface area contributed by atoms with Crippen LogP contribution in [-0.2, 0) is 32.7 Å². The predicted molar refractivity (Wildman–Crippen MR) is 254 cm³/mol. The van der Waals surface area contributed by atoms with E-state index < -0.39 is 57.6 Å². The van der Waals surface area contributed by atoms with E-state index in [1.165, 1.54) is 154 Å². The van der Waals surface area contributed by atoms with Gasteiger partial charge in [-0.2, -0.15) is 0 Å². The summed E-state index contributed by atoms with van der Waals surface area (Å²) in [4.78, 5) is 46.1. The summed E-state index contributed by atoms with van der Waals surface area (Å²) in [6, 6.07) is -1.55. The number of hydrogen-bond acceptors (Lipinski definition) is 8. The van der Waals surface area contributed by atoms with Gasteiger partial charge in [0.05, 0.1) is 13.2 Å². The summed E-state index contributed by atoms with van der Waals surface area (Å²) in [6.45, 7) is 2.62. The Labute approximate surface area is 379 Å².